The highest BCUT2D eigenvalue weighted by Gasteiger charge is 2.56. The number of ether oxygens (including phenoxy) is 1. The molecule has 0 fully saturated rings. The summed E-state index contributed by atoms with van der Waals surface area (Å²) in [5.74, 6) is -0.302. The Morgan fingerprint density at radius 3 is 2.06 bits per heavy atom. The highest BCUT2D eigenvalue weighted by Crippen LogP contribution is 2.47. The van der Waals surface area contributed by atoms with Crippen molar-refractivity contribution in [1.82, 2.24) is 0 Å². The van der Waals surface area contributed by atoms with E-state index in [1.54, 1.807) is 19.1 Å². The number of methoxy groups -OCH3 is 1. The Bertz CT molecular complexity index is 1180. The fourth-order valence-corrected chi connectivity index (χ4v) is 4.08. The Morgan fingerprint density at radius 1 is 0.970 bits per heavy atom. The van der Waals surface area contributed by atoms with E-state index in [0.29, 0.717) is 11.3 Å². The van der Waals surface area contributed by atoms with Crippen LogP contribution in [0.15, 0.2) is 54.6 Å². The molecule has 3 aromatic rings. The maximum atomic E-state index is 14.0. The molecule has 33 heavy (non-hydrogen) atoms. The zero-order valence-electron chi connectivity index (χ0n) is 17.2. The average molecular weight is 519 g/mol. The second kappa shape index (κ2) is 9.43. The van der Waals surface area contributed by atoms with Gasteiger partial charge in [0.05, 0.1) is 28.4 Å². The minimum Gasteiger partial charge on any atom is -0.496 e. The Kier molecular flexibility index (Phi) is 7.19. The van der Waals surface area contributed by atoms with Crippen molar-refractivity contribution in [2.45, 2.75) is 18.7 Å². The molecule has 0 heterocycles. The first-order chi connectivity index (χ1) is 15.4. The fourth-order valence-electron chi connectivity index (χ4n) is 3.37. The molecule has 0 saturated heterocycles. The third kappa shape index (κ3) is 4.77. The van der Waals surface area contributed by atoms with Crippen molar-refractivity contribution in [3.63, 3.8) is 0 Å². The molecule has 0 aliphatic carbocycles. The van der Waals surface area contributed by atoms with Gasteiger partial charge in [0.2, 0.25) is 5.60 Å². The van der Waals surface area contributed by atoms with Crippen molar-refractivity contribution in [1.29, 1.82) is 0 Å². The van der Waals surface area contributed by atoms with E-state index in [1.807, 2.05) is 0 Å². The minimum atomic E-state index is -5.12. The number of anilines is 1. The van der Waals surface area contributed by atoms with Gasteiger partial charge in [-0.3, -0.25) is 4.79 Å². The summed E-state index contributed by atoms with van der Waals surface area (Å²) in [5.41, 5.74) is -3.76. The van der Waals surface area contributed by atoms with Gasteiger partial charge in [0.1, 0.15) is 5.75 Å². The standard InChI is InChI=1S/C23H17Cl3F3NO3/c1-12-4-3-5-16(20(12)33-2)21(31)30-19-17(25)10-14(11-18(19)26)22(32,23(27,28)29)13-6-8-15(24)9-7-13/h3-11,32H,1-2H3,(H,30,31). The van der Waals surface area contributed by atoms with Crippen LogP contribution in [0.25, 0.3) is 0 Å². The normalized spacial score (nSPS) is 13.4. The van der Waals surface area contributed by atoms with Gasteiger partial charge in [-0.25, -0.2) is 0 Å². The third-order valence-electron chi connectivity index (χ3n) is 5.03. The molecule has 1 unspecified atom stereocenters. The minimum absolute atomic E-state index is 0.115. The smallest absolute Gasteiger partial charge is 0.425 e. The van der Waals surface area contributed by atoms with Crippen molar-refractivity contribution in [2.75, 3.05) is 12.4 Å². The topological polar surface area (TPSA) is 58.6 Å². The first-order valence-electron chi connectivity index (χ1n) is 9.39. The maximum absolute atomic E-state index is 14.0. The number of carbonyl (C=O) groups excluding carboxylic acids is 1. The quantitative estimate of drug-likeness (QED) is 0.382. The summed E-state index contributed by atoms with van der Waals surface area (Å²) in [7, 11) is 1.41. The summed E-state index contributed by atoms with van der Waals surface area (Å²) in [6.45, 7) is 1.75. The zero-order valence-corrected chi connectivity index (χ0v) is 19.5. The van der Waals surface area contributed by atoms with Crippen LogP contribution in [-0.2, 0) is 5.60 Å². The number of rotatable bonds is 5. The number of hydrogen-bond donors (Lipinski definition) is 2. The number of aliphatic hydroxyl groups is 1. The first kappa shape index (κ1) is 25.2. The third-order valence-corrected chi connectivity index (χ3v) is 5.88. The number of carbonyl (C=O) groups is 1. The van der Waals surface area contributed by atoms with E-state index in [2.05, 4.69) is 5.32 Å². The van der Waals surface area contributed by atoms with Crippen LogP contribution in [0.4, 0.5) is 18.9 Å². The van der Waals surface area contributed by atoms with E-state index in [0.717, 1.165) is 24.3 Å². The second-order valence-corrected chi connectivity index (χ2v) is 8.39. The molecule has 174 valence electrons. The number of aryl methyl sites for hydroxylation is 1. The van der Waals surface area contributed by atoms with Crippen LogP contribution >= 0.6 is 34.8 Å². The number of halogens is 6. The molecular weight excluding hydrogens is 502 g/mol. The van der Waals surface area contributed by atoms with Crippen LogP contribution in [0.5, 0.6) is 5.75 Å². The molecular formula is C23H17Cl3F3NO3. The Morgan fingerprint density at radius 2 is 1.55 bits per heavy atom. The molecule has 0 aromatic heterocycles. The average Bonchev–Trinajstić information content (AvgIpc) is 2.74. The zero-order chi connectivity index (χ0) is 24.6. The molecule has 0 bridgehead atoms. The number of nitrogens with one attached hydrogen (secondary N) is 1. The first-order valence-corrected chi connectivity index (χ1v) is 10.5. The van der Waals surface area contributed by atoms with Gasteiger partial charge in [-0.1, -0.05) is 59.1 Å². The van der Waals surface area contributed by atoms with E-state index in [9.17, 15) is 23.1 Å². The lowest BCUT2D eigenvalue weighted by molar-refractivity contribution is -0.248. The van der Waals surface area contributed by atoms with Crippen LogP contribution in [0.1, 0.15) is 27.0 Å². The van der Waals surface area contributed by atoms with Gasteiger partial charge in [-0.05, 0) is 48.4 Å². The van der Waals surface area contributed by atoms with Crippen LogP contribution in [0, 0.1) is 6.92 Å². The summed E-state index contributed by atoms with van der Waals surface area (Å²) in [6.07, 6.45) is -5.12. The van der Waals surface area contributed by atoms with Crippen LogP contribution < -0.4 is 10.1 Å². The molecule has 3 aromatic carbocycles. The number of amides is 1. The van der Waals surface area contributed by atoms with Gasteiger partial charge in [0, 0.05) is 10.6 Å². The van der Waals surface area contributed by atoms with Gasteiger partial charge < -0.3 is 15.2 Å². The van der Waals surface area contributed by atoms with Gasteiger partial charge in [-0.15, -0.1) is 0 Å². The molecule has 0 spiro atoms. The second-order valence-electron chi connectivity index (χ2n) is 7.14. The van der Waals surface area contributed by atoms with E-state index in [4.69, 9.17) is 39.5 Å². The van der Waals surface area contributed by atoms with Crippen molar-refractivity contribution >= 4 is 46.4 Å². The number of benzene rings is 3. The highest BCUT2D eigenvalue weighted by atomic mass is 35.5. The van der Waals surface area contributed by atoms with Crippen LogP contribution in [0.2, 0.25) is 15.1 Å². The molecule has 1 atom stereocenters. The lowest BCUT2D eigenvalue weighted by Crippen LogP contribution is -2.43. The van der Waals surface area contributed by atoms with Gasteiger partial charge in [-0.2, -0.15) is 13.2 Å². The maximum Gasteiger partial charge on any atom is 0.425 e. The van der Waals surface area contributed by atoms with Crippen LogP contribution in [-0.4, -0.2) is 24.3 Å². The summed E-state index contributed by atoms with van der Waals surface area (Å²) < 4.78 is 47.4. The Labute approximate surface area is 202 Å². The van der Waals surface area contributed by atoms with Gasteiger partial charge in [0.25, 0.3) is 5.91 Å². The highest BCUT2D eigenvalue weighted by molar-refractivity contribution is 6.40. The van der Waals surface area contributed by atoms with E-state index in [1.165, 1.54) is 25.3 Å². The Hall–Kier alpha value is -2.45. The summed E-state index contributed by atoms with van der Waals surface area (Å²) in [6, 6.07) is 11.3. The number of hydrogen-bond acceptors (Lipinski definition) is 3. The molecule has 4 nitrogen and oxygen atoms in total. The van der Waals surface area contributed by atoms with Crippen molar-refractivity contribution in [3.8, 4) is 5.75 Å². The molecule has 0 aliphatic heterocycles. The predicted molar refractivity (Wildman–Crippen MR) is 123 cm³/mol. The summed E-state index contributed by atoms with van der Waals surface area (Å²) in [5, 5.41) is 12.9. The van der Waals surface area contributed by atoms with E-state index in [-0.39, 0.29) is 26.3 Å². The fraction of sp³-hybridized carbons (Fsp3) is 0.174. The van der Waals surface area contributed by atoms with Crippen molar-refractivity contribution in [2.24, 2.45) is 0 Å². The molecule has 0 radical (unpaired) electrons. The van der Waals surface area contributed by atoms with Crippen LogP contribution in [0.3, 0.4) is 0 Å². The molecule has 0 aliphatic rings. The molecule has 2 N–H and O–H groups in total. The lowest BCUT2D eigenvalue weighted by atomic mass is 9.85. The molecule has 0 saturated carbocycles. The van der Waals surface area contributed by atoms with Crippen molar-refractivity contribution in [3.05, 3.63) is 91.9 Å². The van der Waals surface area contributed by atoms with Crippen molar-refractivity contribution < 1.29 is 27.8 Å². The molecule has 3 rings (SSSR count). The van der Waals surface area contributed by atoms with Gasteiger partial charge >= 0.3 is 6.18 Å². The molecule has 10 heteroatoms. The van der Waals surface area contributed by atoms with E-state index >= 15 is 0 Å². The Balaban J connectivity index is 2.06. The molecule has 1 amide bonds. The predicted octanol–water partition coefficient (Wildman–Crippen LogP) is 7.01. The largest absolute Gasteiger partial charge is 0.496 e. The summed E-state index contributed by atoms with van der Waals surface area (Å²) in [4.78, 5) is 12.8. The summed E-state index contributed by atoms with van der Waals surface area (Å²) >= 11 is 18.2. The lowest BCUT2D eigenvalue weighted by Gasteiger charge is -2.32. The number of para-hydroxylation sites is 1. The monoisotopic (exact) mass is 517 g/mol. The number of alkyl halides is 3. The van der Waals surface area contributed by atoms with E-state index < -0.39 is 28.8 Å². The SMILES string of the molecule is COc1c(C)cccc1C(=O)Nc1c(Cl)cc(C(O)(c2ccc(Cl)cc2)C(F)(F)F)cc1Cl. The van der Waals surface area contributed by atoms with Gasteiger partial charge in [0.15, 0.2) is 0 Å².